The van der Waals surface area contributed by atoms with Gasteiger partial charge in [-0.3, -0.25) is 0 Å². The third-order valence-corrected chi connectivity index (χ3v) is 7.40. The van der Waals surface area contributed by atoms with Crippen molar-refractivity contribution >= 4 is 17.8 Å². The minimum absolute atomic E-state index is 0.411. The highest BCUT2D eigenvalue weighted by Gasteiger charge is 2.37. The smallest absolute Gasteiger partial charge is 0.174 e. The Labute approximate surface area is 212 Å². The largest absolute Gasteiger partial charge is 0.495 e. The molecule has 6 rings (SSSR count). The highest BCUT2D eigenvalue weighted by Crippen LogP contribution is 2.38. The fraction of sp³-hybridized carbons (Fsp3) is 0.345. The lowest BCUT2D eigenvalue weighted by Crippen LogP contribution is -2.37. The summed E-state index contributed by atoms with van der Waals surface area (Å²) in [4.78, 5) is 11.9. The summed E-state index contributed by atoms with van der Waals surface area (Å²) in [5.41, 5.74) is 4.30. The molecule has 0 N–H and O–H groups in total. The number of hydrogen-bond donors (Lipinski definition) is 0. The van der Waals surface area contributed by atoms with Gasteiger partial charge in [-0.25, -0.2) is 14.6 Å². The monoisotopic (exact) mass is 480 g/mol. The number of methoxy groups -OCH3 is 1. The molecule has 7 nitrogen and oxygen atoms in total. The van der Waals surface area contributed by atoms with Gasteiger partial charge in [-0.1, -0.05) is 30.3 Å². The SMILES string of the molecule is COc1cc(/C=C/c2nc3n(n2)CCC[C@H]3[C@@H]2CCCN2c2ccccc2)ccc1-n1cnc(C)c1. The number of rotatable bonds is 6. The molecule has 2 aromatic carbocycles. The highest BCUT2D eigenvalue weighted by molar-refractivity contribution is 5.69. The van der Waals surface area contributed by atoms with Crippen molar-refractivity contribution in [3.05, 3.63) is 84.0 Å². The number of benzene rings is 2. The van der Waals surface area contributed by atoms with Gasteiger partial charge in [0, 0.05) is 36.9 Å². The first-order chi connectivity index (χ1) is 17.7. The van der Waals surface area contributed by atoms with E-state index in [1.165, 1.54) is 24.9 Å². The third-order valence-electron chi connectivity index (χ3n) is 7.40. The third kappa shape index (κ3) is 4.30. The highest BCUT2D eigenvalue weighted by atomic mass is 16.5. The number of aromatic nitrogens is 5. The Hall–Kier alpha value is -3.87. The zero-order valence-electron chi connectivity index (χ0n) is 20.9. The standard InChI is InChI=1S/C29H32N6O/c1-21-19-33(20-30-21)26-14-12-22(18-27(26)36-2)13-15-28-31-29-24(10-6-17-35(29)32-28)25-11-7-16-34(25)23-8-4-3-5-9-23/h3-5,8-9,12-15,18-20,24-25H,6-7,10-11,16-17H2,1-2H3/b15-13+/t24-,25-/m0/s1. The maximum atomic E-state index is 5.66. The van der Waals surface area contributed by atoms with Gasteiger partial charge in [-0.05, 0) is 68.5 Å². The van der Waals surface area contributed by atoms with Crippen LogP contribution in [0.1, 0.15) is 54.5 Å². The average molecular weight is 481 g/mol. The number of fused-ring (bicyclic) bond motifs is 1. The van der Waals surface area contributed by atoms with Crippen molar-refractivity contribution < 1.29 is 4.74 Å². The Bertz CT molecular complexity index is 1370. The second kappa shape index (κ2) is 9.64. The van der Waals surface area contributed by atoms with Crippen LogP contribution in [0.2, 0.25) is 0 Å². The van der Waals surface area contributed by atoms with Crippen LogP contribution in [0.25, 0.3) is 17.8 Å². The summed E-state index contributed by atoms with van der Waals surface area (Å²) in [7, 11) is 1.70. The molecule has 2 atom stereocenters. The summed E-state index contributed by atoms with van der Waals surface area (Å²) in [5.74, 6) is 3.12. The molecule has 2 aromatic heterocycles. The van der Waals surface area contributed by atoms with Crippen molar-refractivity contribution in [1.29, 1.82) is 0 Å². The van der Waals surface area contributed by atoms with Crippen LogP contribution in [0.15, 0.2) is 61.1 Å². The first-order valence-corrected chi connectivity index (χ1v) is 12.8. The van der Waals surface area contributed by atoms with E-state index in [2.05, 4.69) is 63.1 Å². The van der Waals surface area contributed by atoms with Crippen LogP contribution in [0, 0.1) is 6.92 Å². The van der Waals surface area contributed by atoms with E-state index in [0.29, 0.717) is 12.0 Å². The molecule has 0 amide bonds. The molecule has 1 fully saturated rings. The number of aryl methyl sites for hydroxylation is 2. The van der Waals surface area contributed by atoms with Crippen LogP contribution in [0.5, 0.6) is 5.75 Å². The lowest BCUT2D eigenvalue weighted by atomic mass is 9.89. The van der Waals surface area contributed by atoms with E-state index in [1.54, 1.807) is 7.11 Å². The van der Waals surface area contributed by atoms with Gasteiger partial charge in [0.25, 0.3) is 0 Å². The zero-order chi connectivity index (χ0) is 24.5. The number of imidazole rings is 1. The zero-order valence-corrected chi connectivity index (χ0v) is 20.9. The first kappa shape index (κ1) is 22.6. The summed E-state index contributed by atoms with van der Waals surface area (Å²) in [6, 6.07) is 17.5. The average Bonchev–Trinajstić information content (AvgIpc) is 3.67. The van der Waals surface area contributed by atoms with E-state index >= 15 is 0 Å². The molecule has 7 heteroatoms. The van der Waals surface area contributed by atoms with Crippen LogP contribution in [0.3, 0.4) is 0 Å². The van der Waals surface area contributed by atoms with Crippen molar-refractivity contribution in [3.63, 3.8) is 0 Å². The molecular formula is C29H32N6O. The van der Waals surface area contributed by atoms with E-state index in [4.69, 9.17) is 14.8 Å². The second-order valence-corrected chi connectivity index (χ2v) is 9.73. The molecule has 184 valence electrons. The first-order valence-electron chi connectivity index (χ1n) is 12.8. The van der Waals surface area contributed by atoms with Gasteiger partial charge in [-0.2, -0.15) is 5.10 Å². The van der Waals surface area contributed by atoms with Crippen molar-refractivity contribution in [3.8, 4) is 11.4 Å². The van der Waals surface area contributed by atoms with Gasteiger partial charge in [0.05, 0.1) is 24.8 Å². The Morgan fingerprint density at radius 3 is 2.67 bits per heavy atom. The van der Waals surface area contributed by atoms with Gasteiger partial charge >= 0.3 is 0 Å². The number of anilines is 1. The molecule has 1 saturated heterocycles. The van der Waals surface area contributed by atoms with Crippen LogP contribution in [-0.4, -0.2) is 44.0 Å². The summed E-state index contributed by atoms with van der Waals surface area (Å²) in [6.07, 6.45) is 12.6. The summed E-state index contributed by atoms with van der Waals surface area (Å²) in [5, 5.41) is 4.85. The second-order valence-electron chi connectivity index (χ2n) is 9.73. The van der Waals surface area contributed by atoms with Crippen molar-refractivity contribution in [2.45, 2.75) is 51.1 Å². The minimum Gasteiger partial charge on any atom is -0.495 e. The van der Waals surface area contributed by atoms with E-state index in [1.807, 2.05) is 36.2 Å². The van der Waals surface area contributed by atoms with Gasteiger partial charge in [0.1, 0.15) is 11.6 Å². The predicted octanol–water partition coefficient (Wildman–Crippen LogP) is 5.50. The molecular weight excluding hydrogens is 448 g/mol. The molecule has 0 radical (unpaired) electrons. The van der Waals surface area contributed by atoms with E-state index < -0.39 is 0 Å². The fourth-order valence-corrected chi connectivity index (χ4v) is 5.72. The Kier molecular flexibility index (Phi) is 6.05. The lowest BCUT2D eigenvalue weighted by molar-refractivity contribution is 0.371. The summed E-state index contributed by atoms with van der Waals surface area (Å²) >= 11 is 0. The van der Waals surface area contributed by atoms with E-state index in [-0.39, 0.29) is 0 Å². The number of para-hydroxylation sites is 1. The molecule has 4 aromatic rings. The van der Waals surface area contributed by atoms with Crippen molar-refractivity contribution in [2.24, 2.45) is 0 Å². The van der Waals surface area contributed by atoms with Crippen LogP contribution >= 0.6 is 0 Å². The van der Waals surface area contributed by atoms with Gasteiger partial charge in [-0.15, -0.1) is 0 Å². The van der Waals surface area contributed by atoms with Gasteiger partial charge in [0.2, 0.25) is 0 Å². The normalized spacial score (nSPS) is 19.7. The van der Waals surface area contributed by atoms with Crippen LogP contribution in [0.4, 0.5) is 5.69 Å². The summed E-state index contributed by atoms with van der Waals surface area (Å²) < 4.78 is 9.78. The van der Waals surface area contributed by atoms with Crippen LogP contribution in [-0.2, 0) is 6.54 Å². The van der Waals surface area contributed by atoms with Crippen molar-refractivity contribution in [2.75, 3.05) is 18.6 Å². The van der Waals surface area contributed by atoms with Crippen LogP contribution < -0.4 is 9.64 Å². The van der Waals surface area contributed by atoms with Gasteiger partial charge in [0.15, 0.2) is 5.82 Å². The summed E-state index contributed by atoms with van der Waals surface area (Å²) in [6.45, 7) is 4.04. The quantitative estimate of drug-likeness (QED) is 0.365. The van der Waals surface area contributed by atoms with Crippen molar-refractivity contribution in [1.82, 2.24) is 24.3 Å². The Morgan fingerprint density at radius 2 is 1.86 bits per heavy atom. The number of hydrogen-bond acceptors (Lipinski definition) is 5. The molecule has 0 aliphatic carbocycles. The molecule has 0 bridgehead atoms. The Morgan fingerprint density at radius 1 is 1.00 bits per heavy atom. The van der Waals surface area contributed by atoms with E-state index in [0.717, 1.165) is 53.9 Å². The van der Waals surface area contributed by atoms with E-state index in [9.17, 15) is 0 Å². The molecule has 4 heterocycles. The molecule has 0 saturated carbocycles. The molecule has 0 unspecified atom stereocenters. The predicted molar refractivity (Wildman–Crippen MR) is 143 cm³/mol. The topological polar surface area (TPSA) is 61.0 Å². The molecule has 2 aliphatic heterocycles. The Balaban J connectivity index is 1.24. The maximum Gasteiger partial charge on any atom is 0.174 e. The number of ether oxygens (including phenoxy) is 1. The fourth-order valence-electron chi connectivity index (χ4n) is 5.72. The maximum absolute atomic E-state index is 5.66. The van der Waals surface area contributed by atoms with Gasteiger partial charge < -0.3 is 14.2 Å². The molecule has 2 aliphatic rings. The molecule has 0 spiro atoms. The molecule has 36 heavy (non-hydrogen) atoms. The number of nitrogens with zero attached hydrogens (tertiary/aromatic N) is 6. The minimum atomic E-state index is 0.411. The lowest BCUT2D eigenvalue weighted by Gasteiger charge is -2.34.